The fourth-order valence-electron chi connectivity index (χ4n) is 11.6. The van der Waals surface area contributed by atoms with Crippen molar-refractivity contribution in [2.45, 2.75) is 179 Å². The molecule has 4 aliphatic carbocycles. The monoisotopic (exact) mass is 725 g/mol. The van der Waals surface area contributed by atoms with Gasteiger partial charge in [0.15, 0.2) is 6.10 Å². The number of carbonyl (C=O) groups excluding carboxylic acids is 4. The van der Waals surface area contributed by atoms with E-state index in [1.165, 1.54) is 11.1 Å². The first-order chi connectivity index (χ1) is 24.0. The highest BCUT2D eigenvalue weighted by atomic mass is 16.6. The number of carbonyl (C=O) groups is 4. The highest BCUT2D eigenvalue weighted by molar-refractivity contribution is 5.85. The Bertz CT molecular complexity index is 1420. The Kier molecular flexibility index (Phi) is 12.8. The van der Waals surface area contributed by atoms with Crippen LogP contribution in [-0.2, 0) is 33.4 Å². The Morgan fingerprint density at radius 3 is 1.90 bits per heavy atom. The van der Waals surface area contributed by atoms with E-state index in [0.29, 0.717) is 37.0 Å². The number of hydrogen-bond donors (Lipinski definition) is 0. The first kappa shape index (κ1) is 42.3. The molecule has 0 aromatic rings. The van der Waals surface area contributed by atoms with E-state index in [1.54, 1.807) is 0 Å². The smallest absolute Gasteiger partial charge is 0.306 e. The maximum atomic E-state index is 13.6. The molecule has 0 saturated heterocycles. The molecule has 3 saturated carbocycles. The SMILES string of the molecule is C=C(C)[C@H](OC(=O)CC(C)C)[C@H](C[C@@H](C)C1=C2C[C@H](OC(=O)CC(C)C)[C@H]3[C@@]4(C)CCC(=O)C(C)(C)[C@@H]4CC[C@]3(C)[C@@]2(C)CC1)OC(=O)CC(C)C. The summed E-state index contributed by atoms with van der Waals surface area (Å²) in [4.78, 5) is 53.1. The summed E-state index contributed by atoms with van der Waals surface area (Å²) >= 11 is 0. The molecule has 0 heterocycles. The van der Waals surface area contributed by atoms with Gasteiger partial charge in [-0.3, -0.25) is 19.2 Å². The van der Waals surface area contributed by atoms with Crippen LogP contribution in [-0.4, -0.2) is 42.0 Å². The van der Waals surface area contributed by atoms with Crippen molar-refractivity contribution in [2.24, 2.45) is 57.2 Å². The summed E-state index contributed by atoms with van der Waals surface area (Å²) in [5.74, 6) is 0.473. The normalized spacial score (nSPS) is 32.8. The van der Waals surface area contributed by atoms with Crippen LogP contribution in [0.25, 0.3) is 0 Å². The standard InChI is InChI=1S/C45H72O7/c1-26(2)21-37(47)50-33(40(29(7)8)52-39(49)23-28(5)6)24-30(9)31-15-19-44(13)32(31)25-34(51-38(48)22-27(3)4)41-43(12)18-17-36(46)42(10,11)35(43)16-20-45(41,44)14/h26-28,30,33-35,40-41H,7,15-25H2,1-6,8-14H3/t30-,33+,34+,35+,40+,41+,43+,44+,45+/m1/s1. The van der Waals surface area contributed by atoms with Gasteiger partial charge in [0.05, 0.1) is 0 Å². The van der Waals surface area contributed by atoms with Crippen LogP contribution in [0.15, 0.2) is 23.3 Å². The predicted octanol–water partition coefficient (Wildman–Crippen LogP) is 10.4. The molecule has 52 heavy (non-hydrogen) atoms. The maximum absolute atomic E-state index is 13.6. The summed E-state index contributed by atoms with van der Waals surface area (Å²) < 4.78 is 18.9. The minimum Gasteiger partial charge on any atom is -0.462 e. The van der Waals surface area contributed by atoms with Gasteiger partial charge in [0, 0.05) is 43.4 Å². The zero-order valence-corrected chi connectivity index (χ0v) is 35.0. The van der Waals surface area contributed by atoms with Crippen LogP contribution in [0, 0.1) is 57.2 Å². The number of hydrogen-bond acceptors (Lipinski definition) is 7. The van der Waals surface area contributed by atoms with Crippen LogP contribution >= 0.6 is 0 Å². The van der Waals surface area contributed by atoms with Gasteiger partial charge in [-0.2, -0.15) is 0 Å². The van der Waals surface area contributed by atoms with Gasteiger partial charge < -0.3 is 14.2 Å². The molecule has 4 rings (SSSR count). The van der Waals surface area contributed by atoms with E-state index in [0.717, 1.165) is 32.1 Å². The molecule has 9 atom stereocenters. The highest BCUT2D eigenvalue weighted by Gasteiger charge is 2.70. The third kappa shape index (κ3) is 8.14. The average molecular weight is 725 g/mol. The van der Waals surface area contributed by atoms with Crippen LogP contribution in [0.3, 0.4) is 0 Å². The lowest BCUT2D eigenvalue weighted by atomic mass is 9.36. The van der Waals surface area contributed by atoms with E-state index in [1.807, 2.05) is 34.6 Å². The van der Waals surface area contributed by atoms with Crippen LogP contribution in [0.5, 0.6) is 0 Å². The highest BCUT2D eigenvalue weighted by Crippen LogP contribution is 2.74. The van der Waals surface area contributed by atoms with Gasteiger partial charge in [-0.05, 0) is 96.9 Å². The molecule has 4 aliphatic rings. The van der Waals surface area contributed by atoms with Gasteiger partial charge in [0.1, 0.15) is 18.0 Å². The van der Waals surface area contributed by atoms with Gasteiger partial charge in [-0.1, -0.05) is 101 Å². The van der Waals surface area contributed by atoms with Crippen LogP contribution in [0.4, 0.5) is 0 Å². The lowest BCUT2D eigenvalue weighted by Crippen LogP contribution is -2.66. The zero-order chi connectivity index (χ0) is 39.1. The molecule has 0 bridgehead atoms. The van der Waals surface area contributed by atoms with Crippen molar-refractivity contribution in [3.63, 3.8) is 0 Å². The molecule has 0 radical (unpaired) electrons. The Hall–Kier alpha value is -2.44. The third-order valence-corrected chi connectivity index (χ3v) is 14.2. The minimum atomic E-state index is -0.742. The first-order valence-corrected chi connectivity index (χ1v) is 20.5. The summed E-state index contributed by atoms with van der Waals surface area (Å²) in [7, 11) is 0. The van der Waals surface area contributed by atoms with E-state index in [-0.39, 0.29) is 88.6 Å². The molecule has 0 spiro atoms. The quantitative estimate of drug-likeness (QED) is 0.0999. The predicted molar refractivity (Wildman–Crippen MR) is 206 cm³/mol. The zero-order valence-electron chi connectivity index (χ0n) is 35.0. The molecule has 0 unspecified atom stereocenters. The fraction of sp³-hybridized carbons (Fsp3) is 0.822. The molecule has 0 aliphatic heterocycles. The molecule has 294 valence electrons. The molecule has 3 fully saturated rings. The van der Waals surface area contributed by atoms with Gasteiger partial charge >= 0.3 is 17.9 Å². The number of esters is 3. The number of ketones is 1. The van der Waals surface area contributed by atoms with Crippen molar-refractivity contribution >= 4 is 23.7 Å². The Morgan fingerprint density at radius 1 is 0.788 bits per heavy atom. The van der Waals surface area contributed by atoms with Crippen LogP contribution in [0.1, 0.15) is 161 Å². The lowest BCUT2D eigenvalue weighted by molar-refractivity contribution is -0.218. The van der Waals surface area contributed by atoms with Gasteiger partial charge in [-0.25, -0.2) is 0 Å². The molecule has 0 amide bonds. The van der Waals surface area contributed by atoms with Gasteiger partial charge in [-0.15, -0.1) is 0 Å². The maximum Gasteiger partial charge on any atom is 0.306 e. The summed E-state index contributed by atoms with van der Waals surface area (Å²) in [5, 5.41) is 0. The Labute approximate surface area is 315 Å². The molecule has 0 N–H and O–H groups in total. The van der Waals surface area contributed by atoms with E-state index in [4.69, 9.17) is 14.2 Å². The number of fused-ring (bicyclic) bond motifs is 5. The van der Waals surface area contributed by atoms with Gasteiger partial charge in [0.2, 0.25) is 0 Å². The second kappa shape index (κ2) is 15.7. The molecule has 7 nitrogen and oxygen atoms in total. The van der Waals surface area contributed by atoms with Crippen LogP contribution < -0.4 is 0 Å². The lowest BCUT2D eigenvalue weighted by Gasteiger charge is -2.69. The minimum absolute atomic E-state index is 0.0321. The van der Waals surface area contributed by atoms with Crippen molar-refractivity contribution in [1.82, 2.24) is 0 Å². The summed E-state index contributed by atoms with van der Waals surface area (Å²) in [6.45, 7) is 31.9. The van der Waals surface area contributed by atoms with Crippen LogP contribution in [0.2, 0.25) is 0 Å². The second-order valence-corrected chi connectivity index (χ2v) is 19.9. The molecular formula is C45H72O7. The molecule has 7 heteroatoms. The number of Topliss-reactive ketones (excluding diaryl/α,β-unsaturated/α-hetero) is 1. The topological polar surface area (TPSA) is 96.0 Å². The van der Waals surface area contributed by atoms with Gasteiger partial charge in [0.25, 0.3) is 0 Å². The molecule has 0 aromatic carbocycles. The van der Waals surface area contributed by atoms with E-state index >= 15 is 0 Å². The van der Waals surface area contributed by atoms with E-state index in [2.05, 4.69) is 62.0 Å². The molecule has 0 aromatic heterocycles. The number of ether oxygens (including phenoxy) is 3. The third-order valence-electron chi connectivity index (χ3n) is 14.2. The summed E-state index contributed by atoms with van der Waals surface area (Å²) in [6, 6.07) is 0. The Balaban J connectivity index is 1.77. The number of allylic oxidation sites excluding steroid dienone is 1. The first-order valence-electron chi connectivity index (χ1n) is 20.5. The van der Waals surface area contributed by atoms with Crippen molar-refractivity contribution < 1.29 is 33.4 Å². The second-order valence-electron chi connectivity index (χ2n) is 19.9. The fourth-order valence-corrected chi connectivity index (χ4v) is 11.6. The van der Waals surface area contributed by atoms with Crippen molar-refractivity contribution in [3.8, 4) is 0 Å². The Morgan fingerprint density at radius 2 is 1.35 bits per heavy atom. The molecular weight excluding hydrogens is 652 g/mol. The summed E-state index contributed by atoms with van der Waals surface area (Å²) in [5.41, 5.74) is 2.62. The van der Waals surface area contributed by atoms with Crippen molar-refractivity contribution in [1.29, 1.82) is 0 Å². The summed E-state index contributed by atoms with van der Waals surface area (Å²) in [6.07, 6.45) is 5.73. The van der Waals surface area contributed by atoms with E-state index in [9.17, 15) is 19.2 Å². The van der Waals surface area contributed by atoms with Crippen molar-refractivity contribution in [3.05, 3.63) is 23.3 Å². The average Bonchev–Trinajstić information content (AvgIpc) is 3.34. The van der Waals surface area contributed by atoms with E-state index < -0.39 is 17.6 Å². The number of rotatable bonds is 14. The largest absolute Gasteiger partial charge is 0.462 e. The van der Waals surface area contributed by atoms with Crippen molar-refractivity contribution in [2.75, 3.05) is 0 Å².